The number of rotatable bonds is 6. The Bertz CT molecular complexity index is 1120. The fraction of sp³-hybridized carbons (Fsp3) is 0.333. The van der Waals surface area contributed by atoms with Crippen LogP contribution in [-0.4, -0.2) is 42.0 Å². The summed E-state index contributed by atoms with van der Waals surface area (Å²) in [6.07, 6.45) is 3.59. The Morgan fingerprint density at radius 3 is 2.34 bits per heavy atom. The molecule has 1 amide bonds. The monoisotopic (exact) mass is 433 g/mol. The fourth-order valence-electron chi connectivity index (χ4n) is 4.20. The van der Waals surface area contributed by atoms with E-state index in [0.717, 1.165) is 48.1 Å². The minimum Gasteiger partial charge on any atom is -0.377 e. The predicted octanol–water partition coefficient (Wildman–Crippen LogP) is 4.36. The highest BCUT2D eigenvalue weighted by Crippen LogP contribution is 2.29. The third-order valence-corrected chi connectivity index (χ3v) is 5.93. The number of nitrogens with one attached hydrogen (secondary N) is 2. The van der Waals surface area contributed by atoms with E-state index in [1.807, 2.05) is 32.3 Å². The van der Waals surface area contributed by atoms with Gasteiger partial charge in [-0.1, -0.05) is 18.2 Å². The number of pyridine rings is 1. The zero-order valence-electron chi connectivity index (χ0n) is 18.2. The number of carbonyl (C=O) groups is 1. The van der Waals surface area contributed by atoms with Crippen LogP contribution in [0, 0.1) is 10.1 Å². The van der Waals surface area contributed by atoms with E-state index in [4.69, 9.17) is 4.98 Å². The highest BCUT2D eigenvalue weighted by atomic mass is 16.6. The highest BCUT2D eigenvalue weighted by Gasteiger charge is 2.23. The third kappa shape index (κ3) is 4.80. The molecule has 1 aromatic heterocycles. The molecule has 0 bridgehead atoms. The van der Waals surface area contributed by atoms with Gasteiger partial charge in [0, 0.05) is 61.0 Å². The van der Waals surface area contributed by atoms with Crippen molar-refractivity contribution < 1.29 is 9.72 Å². The molecule has 0 radical (unpaired) electrons. The van der Waals surface area contributed by atoms with Crippen LogP contribution < -0.4 is 15.5 Å². The van der Waals surface area contributed by atoms with Crippen LogP contribution in [0.15, 0.2) is 54.6 Å². The Balaban J connectivity index is 1.35. The molecule has 1 aliphatic carbocycles. The number of anilines is 2. The van der Waals surface area contributed by atoms with Crippen LogP contribution in [0.3, 0.4) is 0 Å². The summed E-state index contributed by atoms with van der Waals surface area (Å²) in [6.45, 7) is 0. The van der Waals surface area contributed by atoms with Gasteiger partial charge in [-0.25, -0.2) is 4.98 Å². The van der Waals surface area contributed by atoms with Crippen molar-refractivity contribution in [2.45, 2.75) is 37.8 Å². The van der Waals surface area contributed by atoms with Crippen LogP contribution in [0.25, 0.3) is 10.9 Å². The van der Waals surface area contributed by atoms with Crippen LogP contribution in [0.1, 0.15) is 36.0 Å². The third-order valence-electron chi connectivity index (χ3n) is 5.93. The number of nitrogens with zero attached hydrogens (tertiary/aromatic N) is 3. The molecular weight excluding hydrogens is 406 g/mol. The van der Waals surface area contributed by atoms with Crippen molar-refractivity contribution in [3.05, 3.63) is 70.3 Å². The molecule has 0 atom stereocenters. The normalized spacial score (nSPS) is 18.2. The molecule has 8 heteroatoms. The Kier molecular flexibility index (Phi) is 6.20. The van der Waals surface area contributed by atoms with Gasteiger partial charge in [-0.2, -0.15) is 0 Å². The summed E-state index contributed by atoms with van der Waals surface area (Å²) < 4.78 is 0. The van der Waals surface area contributed by atoms with E-state index in [1.165, 1.54) is 24.3 Å². The molecule has 1 fully saturated rings. The number of para-hydroxylation sites is 1. The lowest BCUT2D eigenvalue weighted by Crippen LogP contribution is -2.40. The maximum atomic E-state index is 12.5. The fourth-order valence-corrected chi connectivity index (χ4v) is 4.20. The number of carbonyl (C=O) groups excluding carboxylic acids is 1. The molecule has 4 rings (SSSR count). The van der Waals surface area contributed by atoms with Gasteiger partial charge in [0.05, 0.1) is 10.4 Å². The first kappa shape index (κ1) is 21.5. The first-order valence-electron chi connectivity index (χ1n) is 10.8. The minimum absolute atomic E-state index is 0.0205. The second kappa shape index (κ2) is 9.21. The number of benzene rings is 2. The van der Waals surface area contributed by atoms with Gasteiger partial charge in [0.1, 0.15) is 5.82 Å². The highest BCUT2D eigenvalue weighted by molar-refractivity contribution is 5.94. The van der Waals surface area contributed by atoms with E-state index < -0.39 is 4.92 Å². The van der Waals surface area contributed by atoms with E-state index >= 15 is 0 Å². The largest absolute Gasteiger partial charge is 0.377 e. The van der Waals surface area contributed by atoms with E-state index in [-0.39, 0.29) is 17.6 Å². The lowest BCUT2D eigenvalue weighted by atomic mass is 9.91. The summed E-state index contributed by atoms with van der Waals surface area (Å²) in [5.41, 5.74) is 2.51. The van der Waals surface area contributed by atoms with Crippen LogP contribution in [0.4, 0.5) is 17.2 Å². The van der Waals surface area contributed by atoms with Crippen molar-refractivity contribution in [1.29, 1.82) is 0 Å². The zero-order chi connectivity index (χ0) is 22.7. The molecule has 0 spiro atoms. The SMILES string of the molecule is CN(C)c1cc(NC2CCC(NC(=O)c3ccc([N+](=O)[O-])cc3)CC2)nc2ccccc12. The molecule has 2 N–H and O–H groups in total. The summed E-state index contributed by atoms with van der Waals surface area (Å²) in [5.74, 6) is 0.675. The standard InChI is InChI=1S/C24H27N5O3/c1-28(2)22-15-23(27-21-6-4-3-5-20(21)22)25-17-9-11-18(12-10-17)26-24(30)16-7-13-19(14-8-16)29(31)32/h3-8,13-15,17-18H,9-12H2,1-2H3,(H,25,27)(H,26,30). The molecule has 1 aliphatic rings. The van der Waals surface area contributed by atoms with Gasteiger partial charge in [-0.3, -0.25) is 14.9 Å². The van der Waals surface area contributed by atoms with Crippen molar-refractivity contribution in [3.8, 4) is 0 Å². The lowest BCUT2D eigenvalue weighted by Gasteiger charge is -2.30. The van der Waals surface area contributed by atoms with Gasteiger partial charge >= 0.3 is 0 Å². The van der Waals surface area contributed by atoms with Crippen LogP contribution in [0.2, 0.25) is 0 Å². The van der Waals surface area contributed by atoms with Crippen LogP contribution >= 0.6 is 0 Å². The van der Waals surface area contributed by atoms with E-state index in [2.05, 4.69) is 27.7 Å². The minimum atomic E-state index is -0.470. The Morgan fingerprint density at radius 1 is 1.03 bits per heavy atom. The second-order valence-corrected chi connectivity index (χ2v) is 8.41. The van der Waals surface area contributed by atoms with Gasteiger partial charge in [0.2, 0.25) is 0 Å². The van der Waals surface area contributed by atoms with Crippen LogP contribution in [-0.2, 0) is 0 Å². The van der Waals surface area contributed by atoms with Crippen molar-refractivity contribution in [1.82, 2.24) is 10.3 Å². The Morgan fingerprint density at radius 2 is 1.69 bits per heavy atom. The zero-order valence-corrected chi connectivity index (χ0v) is 18.2. The number of hydrogen-bond donors (Lipinski definition) is 2. The van der Waals surface area contributed by atoms with Gasteiger partial charge in [-0.15, -0.1) is 0 Å². The summed E-state index contributed by atoms with van der Waals surface area (Å²) in [6, 6.07) is 16.3. The quantitative estimate of drug-likeness (QED) is 0.442. The van der Waals surface area contributed by atoms with E-state index in [0.29, 0.717) is 11.6 Å². The Labute approximate surface area is 186 Å². The second-order valence-electron chi connectivity index (χ2n) is 8.41. The number of fused-ring (bicyclic) bond motifs is 1. The van der Waals surface area contributed by atoms with Gasteiger partial charge < -0.3 is 15.5 Å². The van der Waals surface area contributed by atoms with Gasteiger partial charge in [-0.05, 0) is 43.9 Å². The smallest absolute Gasteiger partial charge is 0.269 e. The van der Waals surface area contributed by atoms with Crippen molar-refractivity contribution in [2.75, 3.05) is 24.3 Å². The van der Waals surface area contributed by atoms with Crippen LogP contribution in [0.5, 0.6) is 0 Å². The first-order valence-corrected chi connectivity index (χ1v) is 10.8. The lowest BCUT2D eigenvalue weighted by molar-refractivity contribution is -0.384. The molecule has 3 aromatic rings. The van der Waals surface area contributed by atoms with Crippen molar-refractivity contribution >= 4 is 34.0 Å². The molecule has 166 valence electrons. The topological polar surface area (TPSA) is 100 Å². The van der Waals surface area contributed by atoms with Gasteiger partial charge in [0.15, 0.2) is 0 Å². The summed E-state index contributed by atoms with van der Waals surface area (Å²) in [5, 5.41) is 18.5. The number of hydrogen-bond acceptors (Lipinski definition) is 6. The summed E-state index contributed by atoms with van der Waals surface area (Å²) in [4.78, 5) is 29.7. The molecule has 2 aromatic carbocycles. The molecule has 32 heavy (non-hydrogen) atoms. The molecule has 8 nitrogen and oxygen atoms in total. The maximum Gasteiger partial charge on any atom is 0.269 e. The number of nitro benzene ring substituents is 1. The molecule has 1 saturated carbocycles. The number of nitro groups is 1. The number of non-ortho nitro benzene ring substituents is 1. The van der Waals surface area contributed by atoms with Crippen molar-refractivity contribution in [2.24, 2.45) is 0 Å². The molecular formula is C24H27N5O3. The summed E-state index contributed by atoms with van der Waals surface area (Å²) in [7, 11) is 4.06. The average Bonchev–Trinajstić information content (AvgIpc) is 2.79. The first-order chi connectivity index (χ1) is 15.4. The molecule has 0 aliphatic heterocycles. The predicted molar refractivity (Wildman–Crippen MR) is 126 cm³/mol. The van der Waals surface area contributed by atoms with E-state index in [9.17, 15) is 14.9 Å². The molecule has 1 heterocycles. The Hall–Kier alpha value is -3.68. The summed E-state index contributed by atoms with van der Waals surface area (Å²) >= 11 is 0. The van der Waals surface area contributed by atoms with Gasteiger partial charge in [0.25, 0.3) is 11.6 Å². The van der Waals surface area contributed by atoms with E-state index in [1.54, 1.807) is 0 Å². The number of amides is 1. The van der Waals surface area contributed by atoms with Crippen molar-refractivity contribution in [3.63, 3.8) is 0 Å². The molecule has 0 saturated heterocycles. The number of aromatic nitrogens is 1. The average molecular weight is 434 g/mol. The maximum absolute atomic E-state index is 12.5. The molecule has 0 unspecified atom stereocenters.